The summed E-state index contributed by atoms with van der Waals surface area (Å²) in [5.74, 6) is -0.283. The van der Waals surface area contributed by atoms with Gasteiger partial charge in [0.2, 0.25) is 0 Å². The first-order chi connectivity index (χ1) is 6.27. The van der Waals surface area contributed by atoms with Crippen LogP contribution in [-0.2, 0) is 9.53 Å². The van der Waals surface area contributed by atoms with Gasteiger partial charge in [0.15, 0.2) is 0 Å². The van der Waals surface area contributed by atoms with Crippen LogP contribution in [0, 0.1) is 0 Å². The lowest BCUT2D eigenvalue weighted by Crippen LogP contribution is -2.47. The second-order valence-electron chi connectivity index (χ2n) is 3.12. The molecule has 1 aliphatic rings. The standard InChI is InChI=1S/C9H16N2O2/c1-13-9(12)8(6-10)11-7-4-2-3-5-7/h2-3,7-8,11H,4-6,10H2,1H3. The smallest absolute Gasteiger partial charge is 0.324 e. The third-order valence-electron chi connectivity index (χ3n) is 2.17. The van der Waals surface area contributed by atoms with Gasteiger partial charge in [-0.1, -0.05) is 12.2 Å². The Morgan fingerprint density at radius 1 is 1.69 bits per heavy atom. The minimum absolute atomic E-state index is 0.281. The van der Waals surface area contributed by atoms with E-state index in [9.17, 15) is 4.79 Å². The van der Waals surface area contributed by atoms with Crippen molar-refractivity contribution in [2.24, 2.45) is 5.73 Å². The number of nitrogens with two attached hydrogens (primary N) is 1. The molecule has 0 heterocycles. The maximum atomic E-state index is 11.1. The minimum Gasteiger partial charge on any atom is -0.468 e. The number of methoxy groups -OCH3 is 1. The maximum absolute atomic E-state index is 11.1. The zero-order chi connectivity index (χ0) is 9.68. The summed E-state index contributed by atoms with van der Waals surface area (Å²) in [6.07, 6.45) is 6.13. The van der Waals surface area contributed by atoms with Crippen molar-refractivity contribution in [1.29, 1.82) is 0 Å². The van der Waals surface area contributed by atoms with Crippen molar-refractivity contribution in [2.75, 3.05) is 13.7 Å². The summed E-state index contributed by atoms with van der Waals surface area (Å²) in [4.78, 5) is 11.1. The molecule has 0 bridgehead atoms. The predicted octanol–water partition coefficient (Wildman–Crippen LogP) is -0.205. The van der Waals surface area contributed by atoms with Gasteiger partial charge in [0.1, 0.15) is 6.04 Å². The fraction of sp³-hybridized carbons (Fsp3) is 0.667. The molecule has 4 nitrogen and oxygen atoms in total. The molecule has 13 heavy (non-hydrogen) atoms. The largest absolute Gasteiger partial charge is 0.468 e. The second kappa shape index (κ2) is 4.99. The van der Waals surface area contributed by atoms with Crippen LogP contribution in [0.3, 0.4) is 0 Å². The van der Waals surface area contributed by atoms with Crippen LogP contribution in [0.4, 0.5) is 0 Å². The Hall–Kier alpha value is -0.870. The molecule has 0 aromatic rings. The van der Waals surface area contributed by atoms with Crippen molar-refractivity contribution in [3.8, 4) is 0 Å². The van der Waals surface area contributed by atoms with Gasteiger partial charge in [-0.15, -0.1) is 0 Å². The Bertz CT molecular complexity index is 196. The first-order valence-electron chi connectivity index (χ1n) is 4.47. The number of esters is 1. The molecule has 3 N–H and O–H groups in total. The zero-order valence-electron chi connectivity index (χ0n) is 7.82. The normalized spacial score (nSPS) is 18.9. The summed E-state index contributed by atoms with van der Waals surface area (Å²) < 4.78 is 4.61. The first kappa shape index (κ1) is 10.2. The number of carbonyl (C=O) groups is 1. The molecule has 74 valence electrons. The van der Waals surface area contributed by atoms with Crippen molar-refractivity contribution < 1.29 is 9.53 Å². The average Bonchev–Trinajstić information content (AvgIpc) is 2.65. The molecular weight excluding hydrogens is 168 g/mol. The van der Waals surface area contributed by atoms with E-state index in [1.165, 1.54) is 7.11 Å². The van der Waals surface area contributed by atoms with Crippen LogP contribution < -0.4 is 11.1 Å². The lowest BCUT2D eigenvalue weighted by atomic mass is 10.2. The number of carbonyl (C=O) groups excluding carboxylic acids is 1. The molecule has 1 atom stereocenters. The van der Waals surface area contributed by atoms with Gasteiger partial charge >= 0.3 is 5.97 Å². The van der Waals surface area contributed by atoms with Crippen molar-refractivity contribution in [3.05, 3.63) is 12.2 Å². The summed E-state index contributed by atoms with van der Waals surface area (Å²) in [7, 11) is 1.37. The molecule has 0 saturated carbocycles. The molecule has 4 heteroatoms. The Kier molecular flexibility index (Phi) is 3.92. The number of ether oxygens (including phenoxy) is 1. The summed E-state index contributed by atoms with van der Waals surface area (Å²) in [6.45, 7) is 0.281. The average molecular weight is 184 g/mol. The fourth-order valence-electron chi connectivity index (χ4n) is 1.41. The van der Waals surface area contributed by atoms with Gasteiger partial charge in [-0.25, -0.2) is 0 Å². The van der Waals surface area contributed by atoms with Crippen LogP contribution in [0.2, 0.25) is 0 Å². The highest BCUT2D eigenvalue weighted by molar-refractivity contribution is 5.75. The van der Waals surface area contributed by atoms with Gasteiger partial charge in [-0.2, -0.15) is 0 Å². The fourth-order valence-corrected chi connectivity index (χ4v) is 1.41. The number of nitrogens with one attached hydrogen (secondary N) is 1. The molecule has 0 amide bonds. The van der Waals surface area contributed by atoms with Gasteiger partial charge in [0.25, 0.3) is 0 Å². The highest BCUT2D eigenvalue weighted by Crippen LogP contribution is 2.09. The van der Waals surface area contributed by atoms with Crippen LogP contribution in [0.5, 0.6) is 0 Å². The van der Waals surface area contributed by atoms with Crippen LogP contribution in [-0.4, -0.2) is 31.7 Å². The maximum Gasteiger partial charge on any atom is 0.324 e. The summed E-state index contributed by atoms with van der Waals surface area (Å²) in [5, 5.41) is 3.15. The number of rotatable bonds is 4. The van der Waals surface area contributed by atoms with E-state index in [1.54, 1.807) is 0 Å². The van der Waals surface area contributed by atoms with Crippen LogP contribution in [0.25, 0.3) is 0 Å². The summed E-state index contributed by atoms with van der Waals surface area (Å²) >= 11 is 0. The molecule has 0 aromatic carbocycles. The first-order valence-corrected chi connectivity index (χ1v) is 4.47. The molecule has 0 saturated heterocycles. The van der Waals surface area contributed by atoms with Gasteiger partial charge in [0.05, 0.1) is 7.11 Å². The second-order valence-corrected chi connectivity index (χ2v) is 3.12. The summed E-state index contributed by atoms with van der Waals surface area (Å²) in [5.41, 5.74) is 5.44. The third-order valence-corrected chi connectivity index (χ3v) is 2.17. The van der Waals surface area contributed by atoms with Gasteiger partial charge < -0.3 is 10.5 Å². The molecule has 1 rings (SSSR count). The Morgan fingerprint density at radius 2 is 2.31 bits per heavy atom. The summed E-state index contributed by atoms with van der Waals surface area (Å²) in [6, 6.07) is -0.0254. The topological polar surface area (TPSA) is 64.3 Å². The molecular formula is C9H16N2O2. The van der Waals surface area contributed by atoms with E-state index in [0.717, 1.165) is 12.8 Å². The third kappa shape index (κ3) is 2.82. The molecule has 0 fully saturated rings. The minimum atomic E-state index is -0.366. The predicted molar refractivity (Wildman–Crippen MR) is 50.2 cm³/mol. The van der Waals surface area contributed by atoms with Crippen molar-refractivity contribution in [1.82, 2.24) is 5.32 Å². The van der Waals surface area contributed by atoms with Crippen molar-refractivity contribution in [3.63, 3.8) is 0 Å². The molecule has 0 radical (unpaired) electrons. The van der Waals surface area contributed by atoms with E-state index in [4.69, 9.17) is 5.73 Å². The zero-order valence-corrected chi connectivity index (χ0v) is 7.82. The highest BCUT2D eigenvalue weighted by atomic mass is 16.5. The van der Waals surface area contributed by atoms with Crippen LogP contribution in [0.15, 0.2) is 12.2 Å². The molecule has 1 aliphatic carbocycles. The van der Waals surface area contributed by atoms with Gasteiger partial charge in [-0.3, -0.25) is 10.1 Å². The van der Waals surface area contributed by atoms with Crippen LogP contribution in [0.1, 0.15) is 12.8 Å². The van der Waals surface area contributed by atoms with Gasteiger partial charge in [0, 0.05) is 12.6 Å². The Labute approximate surface area is 78.1 Å². The quantitative estimate of drug-likeness (QED) is 0.469. The number of hydrogen-bond donors (Lipinski definition) is 2. The highest BCUT2D eigenvalue weighted by Gasteiger charge is 2.21. The Balaban J connectivity index is 2.34. The van der Waals surface area contributed by atoms with Gasteiger partial charge in [-0.05, 0) is 12.8 Å². The molecule has 0 aromatic heterocycles. The van der Waals surface area contributed by atoms with E-state index >= 15 is 0 Å². The van der Waals surface area contributed by atoms with Crippen molar-refractivity contribution in [2.45, 2.75) is 24.9 Å². The monoisotopic (exact) mass is 184 g/mol. The van der Waals surface area contributed by atoms with E-state index in [1.807, 2.05) is 0 Å². The Morgan fingerprint density at radius 3 is 2.77 bits per heavy atom. The SMILES string of the molecule is COC(=O)C(CN)NC1CC=CC1. The van der Waals surface area contributed by atoms with E-state index < -0.39 is 0 Å². The van der Waals surface area contributed by atoms with Crippen molar-refractivity contribution >= 4 is 5.97 Å². The van der Waals surface area contributed by atoms with Crippen LogP contribution >= 0.6 is 0 Å². The lowest BCUT2D eigenvalue weighted by Gasteiger charge is -2.19. The number of hydrogen-bond acceptors (Lipinski definition) is 4. The lowest BCUT2D eigenvalue weighted by molar-refractivity contribution is -0.143. The molecule has 0 aliphatic heterocycles. The van der Waals surface area contributed by atoms with E-state index in [-0.39, 0.29) is 18.6 Å². The van der Waals surface area contributed by atoms with E-state index in [2.05, 4.69) is 22.2 Å². The van der Waals surface area contributed by atoms with E-state index in [0.29, 0.717) is 6.04 Å². The molecule has 1 unspecified atom stereocenters. The molecule has 0 spiro atoms.